The van der Waals surface area contributed by atoms with E-state index in [1.165, 1.54) is 192 Å². The summed E-state index contributed by atoms with van der Waals surface area (Å²) in [5.74, 6) is 0. The van der Waals surface area contributed by atoms with E-state index in [-0.39, 0.29) is 28.4 Å². The number of benzene rings is 14. The number of fused-ring (bicyclic) bond motifs is 24. The molecule has 91 heavy (non-hydrogen) atoms. The number of rotatable bonds is 3. The predicted octanol–water partition coefficient (Wildman–Crippen LogP) is 22.1. The molecule has 16 aromatic rings. The number of hydrogen-bond donors (Lipinski definition) is 0. The van der Waals surface area contributed by atoms with Crippen molar-refractivity contribution in [3.8, 4) is 44.8 Å². The third-order valence-corrected chi connectivity index (χ3v) is 21.3. The van der Waals surface area contributed by atoms with Crippen LogP contribution in [0.5, 0.6) is 0 Å². The molecule has 0 bridgehead atoms. The molecule has 3 heteroatoms. The molecule has 0 aliphatic carbocycles. The van der Waals surface area contributed by atoms with E-state index in [0.717, 1.165) is 0 Å². The first-order chi connectivity index (χ1) is 43.7. The summed E-state index contributed by atoms with van der Waals surface area (Å²) in [6, 6.07) is 88.2. The van der Waals surface area contributed by atoms with Gasteiger partial charge in [0.2, 0.25) is 0 Å². The van der Waals surface area contributed by atoms with Crippen molar-refractivity contribution < 1.29 is 0 Å². The Morgan fingerprint density at radius 1 is 0.264 bits per heavy atom. The summed E-state index contributed by atoms with van der Waals surface area (Å²) in [5, 5.41) is 20.8. The van der Waals surface area contributed by atoms with E-state index < -0.39 is 0 Å². The molecule has 2 aliphatic heterocycles. The first-order valence-electron chi connectivity index (χ1n) is 32.9. The van der Waals surface area contributed by atoms with Crippen molar-refractivity contribution in [2.75, 3.05) is 0 Å². The van der Waals surface area contributed by atoms with Gasteiger partial charge >= 0.3 is 0 Å². The Morgan fingerprint density at radius 2 is 0.681 bits per heavy atom. The first-order valence-corrected chi connectivity index (χ1v) is 32.9. The van der Waals surface area contributed by atoms with Crippen molar-refractivity contribution in [3.05, 3.63) is 247 Å². The molecule has 0 radical (unpaired) electrons. The van der Waals surface area contributed by atoms with Gasteiger partial charge < -0.3 is 9.13 Å². The SMILES string of the molecule is CC(C)(C)c1ccc(-c2cccc(-c3cc4c5c(c3)-n3c6ccc7c8ccccc8c8ccccc8c7c6c6c7c8ccccc8c8ccccc8c7cc(c63)B5c3cc(C(C)(C)C)cc5c6cc(C(C)(C)C)ccc6n-4c35)c2-c2ccc(C(C)(C)C)cc2)cc1. The van der Waals surface area contributed by atoms with E-state index >= 15 is 0 Å². The van der Waals surface area contributed by atoms with Gasteiger partial charge in [-0.2, -0.15) is 0 Å². The lowest BCUT2D eigenvalue weighted by Gasteiger charge is -2.35. The zero-order valence-electron chi connectivity index (χ0n) is 54.3. The summed E-state index contributed by atoms with van der Waals surface area (Å²) in [6.07, 6.45) is 0. The summed E-state index contributed by atoms with van der Waals surface area (Å²) >= 11 is 0. The lowest BCUT2D eigenvalue weighted by Crippen LogP contribution is -2.59. The molecule has 0 saturated heterocycles. The molecule has 0 spiro atoms. The normalized spacial score (nSPS) is 13.5. The maximum Gasteiger partial charge on any atom is 0.252 e. The van der Waals surface area contributed by atoms with Gasteiger partial charge in [-0.1, -0.05) is 271 Å². The summed E-state index contributed by atoms with van der Waals surface area (Å²) in [6.45, 7) is 28.1. The molecule has 2 aliphatic rings. The minimum atomic E-state index is -0.132. The molecule has 0 fully saturated rings. The highest BCUT2D eigenvalue weighted by Crippen LogP contribution is 2.52. The molecule has 0 amide bonds. The molecule has 4 heterocycles. The molecular formula is C88H73BN2. The second kappa shape index (κ2) is 18.5. The second-order valence-corrected chi connectivity index (χ2v) is 30.8. The average molecular weight is 1170 g/mol. The van der Waals surface area contributed by atoms with Crippen LogP contribution in [-0.4, -0.2) is 15.8 Å². The van der Waals surface area contributed by atoms with Crippen molar-refractivity contribution in [1.29, 1.82) is 0 Å². The molecule has 2 aromatic heterocycles. The van der Waals surface area contributed by atoms with Gasteiger partial charge in [0.15, 0.2) is 0 Å². The van der Waals surface area contributed by atoms with Gasteiger partial charge in [-0.3, -0.25) is 0 Å². The summed E-state index contributed by atoms with van der Waals surface area (Å²) < 4.78 is 5.47. The quantitative estimate of drug-likeness (QED) is 0.123. The largest absolute Gasteiger partial charge is 0.310 e. The molecule has 0 atom stereocenters. The Labute approximate surface area is 533 Å². The van der Waals surface area contributed by atoms with Gasteiger partial charge in [0.1, 0.15) is 0 Å². The van der Waals surface area contributed by atoms with Crippen LogP contribution in [0.2, 0.25) is 0 Å². The van der Waals surface area contributed by atoms with Crippen LogP contribution in [-0.2, 0) is 21.7 Å². The highest BCUT2D eigenvalue weighted by Gasteiger charge is 2.43. The van der Waals surface area contributed by atoms with Gasteiger partial charge in [0.05, 0.1) is 16.6 Å². The van der Waals surface area contributed by atoms with Crippen molar-refractivity contribution in [1.82, 2.24) is 9.13 Å². The second-order valence-electron chi connectivity index (χ2n) is 30.8. The van der Waals surface area contributed by atoms with Crippen molar-refractivity contribution in [2.24, 2.45) is 0 Å². The monoisotopic (exact) mass is 1170 g/mol. The third-order valence-electron chi connectivity index (χ3n) is 21.3. The minimum Gasteiger partial charge on any atom is -0.310 e. The molecular weight excluding hydrogens is 1100 g/mol. The number of nitrogens with zero attached hydrogens (tertiary/aromatic N) is 2. The Balaban J connectivity index is 1.08. The van der Waals surface area contributed by atoms with Crippen LogP contribution in [0.3, 0.4) is 0 Å². The van der Waals surface area contributed by atoms with Gasteiger partial charge in [0, 0.05) is 49.2 Å². The van der Waals surface area contributed by atoms with Crippen LogP contribution in [0.1, 0.15) is 105 Å². The van der Waals surface area contributed by atoms with Crippen LogP contribution < -0.4 is 16.4 Å². The van der Waals surface area contributed by atoms with E-state index in [0.29, 0.717) is 0 Å². The highest BCUT2D eigenvalue weighted by atomic mass is 15.0. The van der Waals surface area contributed by atoms with Crippen LogP contribution >= 0.6 is 0 Å². The van der Waals surface area contributed by atoms with Gasteiger partial charge in [-0.05, 0) is 184 Å². The topological polar surface area (TPSA) is 9.86 Å². The van der Waals surface area contributed by atoms with Crippen molar-refractivity contribution in [2.45, 2.75) is 105 Å². The van der Waals surface area contributed by atoms with Gasteiger partial charge in [-0.25, -0.2) is 0 Å². The fourth-order valence-electron chi connectivity index (χ4n) is 16.7. The number of hydrogen-bond acceptors (Lipinski definition) is 0. The molecule has 0 saturated carbocycles. The zero-order chi connectivity index (χ0) is 62.1. The average Bonchev–Trinajstić information content (AvgIpc) is 1.55. The zero-order valence-corrected chi connectivity index (χ0v) is 54.3. The minimum absolute atomic E-state index is 0.000401. The Kier molecular flexibility index (Phi) is 11.0. The van der Waals surface area contributed by atoms with Crippen LogP contribution in [0.15, 0.2) is 224 Å². The molecule has 14 aromatic carbocycles. The Bertz CT molecular complexity index is 5860. The van der Waals surface area contributed by atoms with Gasteiger partial charge in [-0.15, -0.1) is 0 Å². The van der Waals surface area contributed by atoms with Gasteiger partial charge in [0.25, 0.3) is 6.71 Å². The molecule has 18 rings (SSSR count). The van der Waals surface area contributed by atoms with E-state index in [2.05, 4.69) is 317 Å². The lowest BCUT2D eigenvalue weighted by atomic mass is 9.34. The number of aromatic nitrogens is 2. The summed E-state index contributed by atoms with van der Waals surface area (Å²) in [7, 11) is 0. The van der Waals surface area contributed by atoms with E-state index in [9.17, 15) is 0 Å². The summed E-state index contributed by atoms with van der Waals surface area (Å²) in [4.78, 5) is 0. The highest BCUT2D eigenvalue weighted by molar-refractivity contribution is 7.00. The lowest BCUT2D eigenvalue weighted by molar-refractivity contribution is 0.590. The Morgan fingerprint density at radius 3 is 1.22 bits per heavy atom. The fraction of sp³-hybridized carbons (Fsp3) is 0.182. The maximum absolute atomic E-state index is 2.76. The smallest absolute Gasteiger partial charge is 0.252 e. The van der Waals surface area contributed by atoms with Crippen LogP contribution in [0.25, 0.3) is 153 Å². The summed E-state index contributed by atoms with van der Waals surface area (Å²) in [5.41, 5.74) is 24.1. The van der Waals surface area contributed by atoms with E-state index in [1.807, 2.05) is 0 Å². The molecule has 2 nitrogen and oxygen atoms in total. The van der Waals surface area contributed by atoms with Crippen molar-refractivity contribution in [3.63, 3.8) is 0 Å². The first kappa shape index (κ1) is 54.3. The van der Waals surface area contributed by atoms with Crippen molar-refractivity contribution >= 4 is 131 Å². The van der Waals surface area contributed by atoms with Crippen LogP contribution in [0.4, 0.5) is 0 Å². The van der Waals surface area contributed by atoms with E-state index in [1.54, 1.807) is 0 Å². The fourth-order valence-corrected chi connectivity index (χ4v) is 16.7. The Hall–Kier alpha value is -9.70. The predicted molar refractivity (Wildman–Crippen MR) is 396 cm³/mol. The third kappa shape index (κ3) is 7.61. The molecule has 438 valence electrons. The molecule has 0 N–H and O–H groups in total. The standard InChI is InChI=1S/C88H73BN2/c1-85(2,3)53-36-32-50(33-37-53)57-30-21-31-58(77(57)51-34-38-54(39-35-51)86(4,5)6)52-44-75-82-76(45-52)91-74-43-41-67-63-26-15-13-22-59(63)61-24-17-19-28-65(61)78(67)80(74)81-79-66-29-20-18-25-62(66)60-23-14-16-27-64(60)69(79)49-72(84(81)91)89(82)71-48-56(88(10,11)12)47-70-68-46-55(87(7,8)9)40-42-73(68)90(75)83(70)71/h13-49H,1-12H3. The van der Waals surface area contributed by atoms with E-state index in [4.69, 9.17) is 0 Å². The maximum atomic E-state index is 2.76. The molecule has 0 unspecified atom stereocenters. The van der Waals surface area contributed by atoms with Crippen LogP contribution in [0, 0.1) is 0 Å².